The fourth-order valence-electron chi connectivity index (χ4n) is 4.43. The maximum atomic E-state index is 10.5. The molecule has 26 heavy (non-hydrogen) atoms. The molecule has 0 aromatic rings. The molecule has 4 aliphatic rings. The number of carbonyl (C=O) groups excluding carboxylic acids is 2. The molecule has 4 aliphatic carbocycles. The minimum absolute atomic E-state index is 0.109. The normalized spacial score (nSPS) is 28.2. The van der Waals surface area contributed by atoms with Gasteiger partial charge in [-0.15, -0.1) is 0 Å². The lowest BCUT2D eigenvalue weighted by atomic mass is 9.56. The molecule has 0 atom stereocenters. The summed E-state index contributed by atoms with van der Waals surface area (Å²) in [5.74, 6) is 1.60. The molecule has 7 nitrogen and oxygen atoms in total. The highest BCUT2D eigenvalue weighted by Gasteiger charge is 2.41. The molecule has 8 heteroatoms. The summed E-state index contributed by atoms with van der Waals surface area (Å²) in [5, 5.41) is 0. The van der Waals surface area contributed by atoms with Gasteiger partial charge in [0.25, 0.3) is 0 Å². The second kappa shape index (κ2) is 10.9. The van der Waals surface area contributed by atoms with E-state index in [1.54, 1.807) is 38.5 Å². The van der Waals surface area contributed by atoms with Gasteiger partial charge >= 0.3 is 11.9 Å². The van der Waals surface area contributed by atoms with Gasteiger partial charge in [-0.2, -0.15) is 0 Å². The fourth-order valence-corrected chi connectivity index (χ4v) is 4.80. The van der Waals surface area contributed by atoms with Gasteiger partial charge in [0.15, 0.2) is 0 Å². The maximum absolute atomic E-state index is 10.5. The Bertz CT molecular complexity index is 499. The van der Waals surface area contributed by atoms with Gasteiger partial charge < -0.3 is 14.0 Å². The number of ether oxygens (including phenoxy) is 2. The molecule has 0 saturated heterocycles. The van der Waals surface area contributed by atoms with Crippen LogP contribution in [-0.4, -0.2) is 37.5 Å². The van der Waals surface area contributed by atoms with Crippen LogP contribution >= 0.6 is 0 Å². The second-order valence-corrected chi connectivity index (χ2v) is 8.49. The predicted molar refractivity (Wildman–Crippen MR) is 94.9 cm³/mol. The van der Waals surface area contributed by atoms with Crippen LogP contribution in [0.5, 0.6) is 0 Å². The average molecular weight is 392 g/mol. The highest BCUT2D eigenvalue weighted by molar-refractivity contribution is 7.86. The van der Waals surface area contributed by atoms with Crippen molar-refractivity contribution in [3.8, 4) is 0 Å². The van der Waals surface area contributed by atoms with E-state index in [0.717, 1.165) is 0 Å². The zero-order chi connectivity index (χ0) is 19.7. The summed E-state index contributed by atoms with van der Waals surface area (Å²) in [6.45, 7) is 4.85. The van der Waals surface area contributed by atoms with Gasteiger partial charge in [-0.3, -0.25) is 9.59 Å². The van der Waals surface area contributed by atoms with Crippen molar-refractivity contribution < 1.29 is 32.0 Å². The molecule has 0 aromatic carbocycles. The zero-order valence-corrected chi connectivity index (χ0v) is 16.8. The van der Waals surface area contributed by atoms with Crippen molar-refractivity contribution in [2.45, 2.75) is 65.7 Å². The van der Waals surface area contributed by atoms with Gasteiger partial charge in [0.2, 0.25) is 6.79 Å². The highest BCUT2D eigenvalue weighted by Crippen LogP contribution is 2.53. The van der Waals surface area contributed by atoms with Crippen LogP contribution in [0.25, 0.3) is 0 Å². The topological polar surface area (TPSA) is 110 Å². The van der Waals surface area contributed by atoms with Crippen LogP contribution in [-0.2, 0) is 29.2 Å². The molecule has 0 heterocycles. The van der Waals surface area contributed by atoms with Crippen molar-refractivity contribution in [2.75, 3.05) is 12.5 Å². The summed E-state index contributed by atoms with van der Waals surface area (Å²) in [5.41, 5.74) is 0. The van der Waals surface area contributed by atoms with Crippen LogP contribution in [0, 0.1) is 23.7 Å². The summed E-state index contributed by atoms with van der Waals surface area (Å²) in [6.07, 6.45) is 9.73. The highest BCUT2D eigenvalue weighted by atomic mass is 32.2. The minimum Gasteiger partial charge on any atom is -0.748 e. The Balaban J connectivity index is 0.000000244. The molecule has 0 N–H and O–H groups in total. The smallest absolute Gasteiger partial charge is 0.322 e. The van der Waals surface area contributed by atoms with Crippen molar-refractivity contribution in [3.63, 3.8) is 0 Å². The first kappa shape index (κ1) is 22.9. The first-order valence-corrected chi connectivity index (χ1v) is 11.1. The molecule has 4 rings (SSSR count). The molecule has 4 fully saturated rings. The van der Waals surface area contributed by atoms with Gasteiger partial charge in [-0.1, -0.05) is 20.8 Å². The lowest BCUT2D eigenvalue weighted by Gasteiger charge is -2.49. The molecular weight excluding hydrogens is 360 g/mol. The van der Waals surface area contributed by atoms with E-state index in [9.17, 15) is 22.6 Å². The van der Waals surface area contributed by atoms with Crippen LogP contribution in [0.15, 0.2) is 0 Å². The third kappa shape index (κ3) is 8.49. The summed E-state index contributed by atoms with van der Waals surface area (Å²) < 4.78 is 38.5. The van der Waals surface area contributed by atoms with Crippen molar-refractivity contribution in [1.82, 2.24) is 0 Å². The van der Waals surface area contributed by atoms with Crippen LogP contribution in [0.3, 0.4) is 0 Å². The summed E-state index contributed by atoms with van der Waals surface area (Å²) in [7, 11) is -4.64. The maximum Gasteiger partial charge on any atom is 0.322 e. The number of rotatable bonds is 5. The third-order valence-electron chi connectivity index (χ3n) is 5.02. The van der Waals surface area contributed by atoms with Crippen LogP contribution in [0.2, 0.25) is 0 Å². The number of esters is 2. The molecule has 4 saturated carbocycles. The summed E-state index contributed by atoms with van der Waals surface area (Å²) in [4.78, 5) is 21.0. The van der Waals surface area contributed by atoms with Crippen molar-refractivity contribution in [1.29, 1.82) is 0 Å². The van der Waals surface area contributed by atoms with Crippen molar-refractivity contribution in [3.05, 3.63) is 0 Å². The zero-order valence-electron chi connectivity index (χ0n) is 15.9. The first-order chi connectivity index (χ1) is 12.2. The first-order valence-electron chi connectivity index (χ1n) is 9.50. The number of hydrogen-bond donors (Lipinski definition) is 0. The quantitative estimate of drug-likeness (QED) is 0.402. The molecule has 0 unspecified atom stereocenters. The summed E-state index contributed by atoms with van der Waals surface area (Å²) in [6, 6.07) is 0. The van der Waals surface area contributed by atoms with Gasteiger partial charge in [-0.05, 0) is 62.2 Å². The van der Waals surface area contributed by atoms with E-state index < -0.39 is 34.6 Å². The van der Waals surface area contributed by atoms with Gasteiger partial charge in [0.05, 0.1) is 0 Å². The Morgan fingerprint density at radius 1 is 0.846 bits per heavy atom. The standard InChI is InChI=1S/C10H16.C6H10O7S.C2H6/c1-7-2-9-4-8(1)5-10(3-7)6-9;1-2-5(7)12-4-13-6(8)3-14(9,10)11;1-2/h7-10H,1-6H2;2-4H2,1H3,(H,9,10,11);1-2H3/p-1. The van der Waals surface area contributed by atoms with Gasteiger partial charge in [-0.25, -0.2) is 8.42 Å². The van der Waals surface area contributed by atoms with E-state index in [1.807, 2.05) is 13.8 Å². The SMILES string of the molecule is C1C2CC3CC1CC(C2)C3.CC.CCC(=O)OCOC(=O)CS(=O)(=O)[O-]. The van der Waals surface area contributed by atoms with E-state index in [-0.39, 0.29) is 6.42 Å². The number of hydrogen-bond acceptors (Lipinski definition) is 7. The largest absolute Gasteiger partial charge is 0.748 e. The van der Waals surface area contributed by atoms with Crippen LogP contribution < -0.4 is 0 Å². The van der Waals surface area contributed by atoms with Crippen molar-refractivity contribution >= 4 is 22.1 Å². The molecule has 0 spiro atoms. The third-order valence-corrected chi connectivity index (χ3v) is 5.61. The number of carbonyl (C=O) groups is 2. The molecular formula is C18H31O7S-. The Kier molecular flexibility index (Phi) is 9.57. The van der Waals surface area contributed by atoms with E-state index in [0.29, 0.717) is 0 Å². The van der Waals surface area contributed by atoms with E-state index in [2.05, 4.69) is 9.47 Å². The molecule has 0 aromatic heterocycles. The van der Waals surface area contributed by atoms with Gasteiger partial charge in [0.1, 0.15) is 15.9 Å². The van der Waals surface area contributed by atoms with E-state index in [4.69, 9.17) is 0 Å². The molecule has 0 aliphatic heterocycles. The Morgan fingerprint density at radius 3 is 1.50 bits per heavy atom. The van der Waals surface area contributed by atoms with Gasteiger partial charge in [0, 0.05) is 6.42 Å². The lowest BCUT2D eigenvalue weighted by Crippen LogP contribution is -2.38. The Labute approximate surface area is 156 Å². The molecule has 4 bridgehead atoms. The molecule has 0 radical (unpaired) electrons. The predicted octanol–water partition coefficient (Wildman–Crippen LogP) is 2.84. The van der Waals surface area contributed by atoms with E-state index >= 15 is 0 Å². The Morgan fingerprint density at radius 2 is 1.19 bits per heavy atom. The average Bonchev–Trinajstić information content (AvgIpc) is 2.54. The monoisotopic (exact) mass is 391 g/mol. The lowest BCUT2D eigenvalue weighted by molar-refractivity contribution is -0.165. The van der Waals surface area contributed by atoms with Crippen LogP contribution in [0.4, 0.5) is 0 Å². The fraction of sp³-hybridized carbons (Fsp3) is 0.889. The Hall–Kier alpha value is -1.15. The minimum atomic E-state index is -4.64. The molecule has 152 valence electrons. The van der Waals surface area contributed by atoms with Crippen molar-refractivity contribution in [2.24, 2.45) is 23.7 Å². The van der Waals surface area contributed by atoms with E-state index in [1.165, 1.54) is 30.6 Å². The second-order valence-electron chi connectivity index (χ2n) is 7.08. The molecule has 0 amide bonds. The summed E-state index contributed by atoms with van der Waals surface area (Å²) >= 11 is 0. The van der Waals surface area contributed by atoms with Crippen LogP contribution in [0.1, 0.15) is 65.7 Å².